The van der Waals surface area contributed by atoms with Crippen LogP contribution < -0.4 is 5.32 Å². The van der Waals surface area contributed by atoms with E-state index in [1.54, 1.807) is 13.0 Å². The van der Waals surface area contributed by atoms with Gasteiger partial charge in [-0.3, -0.25) is 14.5 Å². The van der Waals surface area contributed by atoms with E-state index in [-0.39, 0.29) is 11.3 Å². The smallest absolute Gasteiger partial charge is 0.319 e. The van der Waals surface area contributed by atoms with E-state index in [4.69, 9.17) is 0 Å². The molecule has 0 saturated carbocycles. The molecule has 0 spiro atoms. The summed E-state index contributed by atoms with van der Waals surface area (Å²) in [6, 6.07) is 3.95. The van der Waals surface area contributed by atoms with Crippen molar-refractivity contribution in [2.24, 2.45) is 0 Å². The lowest BCUT2D eigenvalue weighted by atomic mass is 9.92. The van der Waals surface area contributed by atoms with E-state index in [0.717, 1.165) is 26.8 Å². The Kier molecular flexibility index (Phi) is 4.39. The maximum Gasteiger partial charge on any atom is 0.325 e. The second kappa shape index (κ2) is 6.28. The number of nitrogens with zero attached hydrogens (tertiary/aromatic N) is 1. The normalized spacial score (nSPS) is 19.8. The van der Waals surface area contributed by atoms with Gasteiger partial charge in [0.05, 0.1) is 6.54 Å². The summed E-state index contributed by atoms with van der Waals surface area (Å²) in [7, 11) is 0. The number of ketones is 1. The summed E-state index contributed by atoms with van der Waals surface area (Å²) in [6.07, 6.45) is 0. The van der Waals surface area contributed by atoms with Gasteiger partial charge in [-0.25, -0.2) is 13.6 Å². The topological polar surface area (TPSA) is 66.5 Å². The molecule has 0 bridgehead atoms. The number of Topliss-reactive ketones (excluding diaryl/α,β-unsaturated/α-hetero) is 1. The van der Waals surface area contributed by atoms with Crippen LogP contribution >= 0.6 is 11.3 Å². The molecular weight excluding hydrogens is 362 g/mol. The van der Waals surface area contributed by atoms with Crippen LogP contribution in [-0.4, -0.2) is 29.2 Å². The summed E-state index contributed by atoms with van der Waals surface area (Å²) in [4.78, 5) is 40.1. The van der Waals surface area contributed by atoms with Crippen LogP contribution in [0.2, 0.25) is 0 Å². The first-order chi connectivity index (χ1) is 12.1. The van der Waals surface area contributed by atoms with Gasteiger partial charge in [0.1, 0.15) is 5.54 Å². The Morgan fingerprint density at radius 1 is 1.19 bits per heavy atom. The van der Waals surface area contributed by atoms with Crippen molar-refractivity contribution >= 4 is 29.1 Å². The lowest BCUT2D eigenvalue weighted by Gasteiger charge is -2.22. The second-order valence-corrected chi connectivity index (χ2v) is 7.79. The number of carbonyl (C=O) groups excluding carboxylic acids is 3. The largest absolute Gasteiger partial charge is 0.325 e. The van der Waals surface area contributed by atoms with Crippen molar-refractivity contribution < 1.29 is 23.2 Å². The Morgan fingerprint density at radius 2 is 1.88 bits per heavy atom. The van der Waals surface area contributed by atoms with E-state index in [9.17, 15) is 23.2 Å². The third kappa shape index (κ3) is 2.90. The average molecular weight is 378 g/mol. The summed E-state index contributed by atoms with van der Waals surface area (Å²) < 4.78 is 26.7. The number of benzene rings is 1. The first kappa shape index (κ1) is 18.2. The summed E-state index contributed by atoms with van der Waals surface area (Å²) in [5, 5.41) is 2.47. The number of amides is 3. The molecule has 5 nitrogen and oxygen atoms in total. The van der Waals surface area contributed by atoms with Gasteiger partial charge >= 0.3 is 6.03 Å². The molecule has 1 saturated heterocycles. The summed E-state index contributed by atoms with van der Waals surface area (Å²) >= 11 is 1.45. The molecule has 1 N–H and O–H groups in total. The highest BCUT2D eigenvalue weighted by atomic mass is 32.1. The number of imide groups is 1. The van der Waals surface area contributed by atoms with Crippen molar-refractivity contribution in [1.29, 1.82) is 0 Å². The molecular formula is C18H16F2N2O3S. The van der Waals surface area contributed by atoms with E-state index in [2.05, 4.69) is 5.32 Å². The standard InChI is InChI=1S/C18H16F2N2O3S/c1-9-6-12(10(2)26-9)15(23)8-22-16(24)18(3,21-17(22)25)11-4-5-13(19)14(20)7-11/h4-7H,8H2,1-3H3,(H,21,25). The molecule has 136 valence electrons. The highest BCUT2D eigenvalue weighted by Crippen LogP contribution is 2.30. The summed E-state index contributed by atoms with van der Waals surface area (Å²) in [5.41, 5.74) is -0.993. The highest BCUT2D eigenvalue weighted by molar-refractivity contribution is 7.12. The SMILES string of the molecule is Cc1cc(C(=O)CN2C(=O)NC(C)(c3ccc(F)c(F)c3)C2=O)c(C)s1. The molecule has 3 amide bonds. The minimum atomic E-state index is -1.56. The van der Waals surface area contributed by atoms with Crippen LogP contribution in [0.5, 0.6) is 0 Å². The zero-order chi connectivity index (χ0) is 19.2. The fraction of sp³-hybridized carbons (Fsp3) is 0.278. The lowest BCUT2D eigenvalue weighted by molar-refractivity contribution is -0.130. The molecule has 1 aliphatic rings. The predicted octanol–water partition coefficient (Wildman–Crippen LogP) is 3.29. The summed E-state index contributed by atoms with van der Waals surface area (Å²) in [6.45, 7) is 4.63. The third-order valence-electron chi connectivity index (χ3n) is 4.42. The van der Waals surface area contributed by atoms with Gasteiger partial charge in [-0.05, 0) is 44.5 Å². The monoisotopic (exact) mass is 378 g/mol. The van der Waals surface area contributed by atoms with Gasteiger partial charge in [0.15, 0.2) is 17.4 Å². The van der Waals surface area contributed by atoms with Gasteiger partial charge in [-0.15, -0.1) is 11.3 Å². The van der Waals surface area contributed by atoms with Crippen LogP contribution in [0.3, 0.4) is 0 Å². The summed E-state index contributed by atoms with van der Waals surface area (Å²) in [5.74, 6) is -3.22. The van der Waals surface area contributed by atoms with Crippen LogP contribution in [0, 0.1) is 25.5 Å². The third-order valence-corrected chi connectivity index (χ3v) is 5.38. The lowest BCUT2D eigenvalue weighted by Crippen LogP contribution is -2.41. The molecule has 0 aliphatic carbocycles. The van der Waals surface area contributed by atoms with Crippen molar-refractivity contribution in [3.8, 4) is 0 Å². The fourth-order valence-corrected chi connectivity index (χ4v) is 3.92. The zero-order valence-corrected chi connectivity index (χ0v) is 15.2. The maximum atomic E-state index is 13.5. The van der Waals surface area contributed by atoms with Crippen LogP contribution in [0.4, 0.5) is 13.6 Å². The molecule has 1 unspecified atom stereocenters. The molecule has 0 radical (unpaired) electrons. The molecule has 3 rings (SSSR count). The number of hydrogen-bond donors (Lipinski definition) is 1. The van der Waals surface area contributed by atoms with Gasteiger partial charge in [0.25, 0.3) is 5.91 Å². The van der Waals surface area contributed by atoms with Gasteiger partial charge in [-0.1, -0.05) is 6.07 Å². The first-order valence-corrected chi connectivity index (χ1v) is 8.65. The molecule has 1 fully saturated rings. The molecule has 1 aliphatic heterocycles. The Bertz CT molecular complexity index is 941. The van der Waals surface area contributed by atoms with Crippen molar-refractivity contribution in [2.75, 3.05) is 6.54 Å². The van der Waals surface area contributed by atoms with Crippen LogP contribution in [0.15, 0.2) is 24.3 Å². The second-order valence-electron chi connectivity index (χ2n) is 6.33. The van der Waals surface area contributed by atoms with Crippen LogP contribution in [0.1, 0.15) is 32.6 Å². The van der Waals surface area contributed by atoms with Crippen molar-refractivity contribution in [3.63, 3.8) is 0 Å². The molecule has 2 aromatic rings. The van der Waals surface area contributed by atoms with Crippen molar-refractivity contribution in [1.82, 2.24) is 10.2 Å². The predicted molar refractivity (Wildman–Crippen MR) is 92.1 cm³/mol. The number of halogens is 2. The number of hydrogen-bond acceptors (Lipinski definition) is 4. The Morgan fingerprint density at radius 3 is 2.46 bits per heavy atom. The van der Waals surface area contributed by atoms with Crippen LogP contribution in [0.25, 0.3) is 0 Å². The fourth-order valence-electron chi connectivity index (χ4n) is 2.98. The zero-order valence-electron chi connectivity index (χ0n) is 14.4. The number of aryl methyl sites for hydroxylation is 2. The first-order valence-electron chi connectivity index (χ1n) is 7.83. The van der Waals surface area contributed by atoms with E-state index in [1.807, 2.05) is 6.92 Å². The van der Waals surface area contributed by atoms with E-state index >= 15 is 0 Å². The minimum absolute atomic E-state index is 0.104. The van der Waals surface area contributed by atoms with Gasteiger partial charge in [-0.2, -0.15) is 0 Å². The Balaban J connectivity index is 1.87. The van der Waals surface area contributed by atoms with Crippen molar-refractivity contribution in [3.05, 3.63) is 56.8 Å². The number of thiophene rings is 1. The van der Waals surface area contributed by atoms with Crippen LogP contribution in [-0.2, 0) is 10.3 Å². The minimum Gasteiger partial charge on any atom is -0.319 e. The van der Waals surface area contributed by atoms with Gasteiger partial charge in [0.2, 0.25) is 0 Å². The Labute approximate surface area is 152 Å². The van der Waals surface area contributed by atoms with Crippen molar-refractivity contribution in [2.45, 2.75) is 26.3 Å². The number of urea groups is 1. The molecule has 1 aromatic heterocycles. The number of nitrogens with one attached hydrogen (secondary N) is 1. The van der Waals surface area contributed by atoms with E-state index < -0.39 is 35.7 Å². The average Bonchev–Trinajstić information content (AvgIpc) is 3.01. The Hall–Kier alpha value is -2.61. The molecule has 8 heteroatoms. The number of rotatable bonds is 4. The highest BCUT2D eigenvalue weighted by Gasteiger charge is 2.49. The molecule has 1 atom stereocenters. The van der Waals surface area contributed by atoms with E-state index in [1.165, 1.54) is 24.3 Å². The number of carbonyl (C=O) groups is 3. The van der Waals surface area contributed by atoms with Gasteiger partial charge in [0, 0.05) is 15.3 Å². The maximum absolute atomic E-state index is 13.5. The van der Waals surface area contributed by atoms with E-state index in [0.29, 0.717) is 5.56 Å². The quantitative estimate of drug-likeness (QED) is 0.656. The molecule has 26 heavy (non-hydrogen) atoms. The molecule has 1 aromatic carbocycles. The molecule has 2 heterocycles. The van der Waals surface area contributed by atoms with Gasteiger partial charge < -0.3 is 5.32 Å².